The fourth-order valence-corrected chi connectivity index (χ4v) is 5.26. The van der Waals surface area contributed by atoms with Crippen LogP contribution in [0.5, 0.6) is 5.75 Å². The van der Waals surface area contributed by atoms with Crippen LogP contribution in [-0.2, 0) is 0 Å². The molecule has 1 heterocycles. The van der Waals surface area contributed by atoms with Gasteiger partial charge in [-0.05, 0) is 62.8 Å². The maximum absolute atomic E-state index is 14.2. The van der Waals surface area contributed by atoms with Crippen molar-refractivity contribution >= 4 is 40.0 Å². The summed E-state index contributed by atoms with van der Waals surface area (Å²) in [5.74, 6) is -1.45. The molecule has 0 saturated heterocycles. The van der Waals surface area contributed by atoms with Crippen LogP contribution in [0.1, 0.15) is 54.9 Å². The van der Waals surface area contributed by atoms with Gasteiger partial charge in [-0.2, -0.15) is 0 Å². The van der Waals surface area contributed by atoms with Gasteiger partial charge in [0.15, 0.2) is 0 Å². The van der Waals surface area contributed by atoms with E-state index < -0.39 is 29.1 Å². The van der Waals surface area contributed by atoms with Crippen LogP contribution < -0.4 is 20.8 Å². The number of aliphatic hydroxyl groups is 1. The number of ether oxygens (including phenoxy) is 1. The van der Waals surface area contributed by atoms with Gasteiger partial charge < -0.3 is 25.0 Å². The molecule has 0 aliphatic heterocycles. The van der Waals surface area contributed by atoms with E-state index in [4.69, 9.17) is 27.9 Å². The predicted molar refractivity (Wildman–Crippen MR) is 146 cm³/mol. The van der Waals surface area contributed by atoms with Crippen LogP contribution in [0.25, 0.3) is 10.9 Å². The summed E-state index contributed by atoms with van der Waals surface area (Å²) in [6.07, 6.45) is 5.58. The maximum Gasteiger partial charge on any atom is 0.256 e. The van der Waals surface area contributed by atoms with Crippen LogP contribution >= 0.6 is 23.2 Å². The van der Waals surface area contributed by atoms with E-state index in [0.29, 0.717) is 24.9 Å². The number of nitrogens with one attached hydrogen (secondary N) is 2. The molecule has 0 bridgehead atoms. The molecule has 39 heavy (non-hydrogen) atoms. The summed E-state index contributed by atoms with van der Waals surface area (Å²) in [5, 5.41) is 16.6. The standard InChI is InChI=1S/C28H29Cl2F2N3O4/c29-22-8-7-19(9-24(22)31)39-14-18(36)12-33-15-1-3-16(4-2-15)34-28(38)21-13-35(17-5-6-17)26-11-23(30)25(32)10-20(26)27(21)37/h7-11,13,15-18,33,36H,1-6,12,14H2,(H,34,38). The minimum atomic E-state index is -0.789. The summed E-state index contributed by atoms with van der Waals surface area (Å²) < 4.78 is 35.0. The van der Waals surface area contributed by atoms with Gasteiger partial charge >= 0.3 is 0 Å². The lowest BCUT2D eigenvalue weighted by Gasteiger charge is -2.30. The van der Waals surface area contributed by atoms with E-state index in [-0.39, 0.29) is 51.5 Å². The van der Waals surface area contributed by atoms with Crippen molar-refractivity contribution in [2.24, 2.45) is 0 Å². The van der Waals surface area contributed by atoms with Gasteiger partial charge in [-0.15, -0.1) is 0 Å². The first-order valence-corrected chi connectivity index (χ1v) is 13.8. The molecule has 3 aromatic rings. The molecule has 11 heteroatoms. The van der Waals surface area contributed by atoms with Gasteiger partial charge in [-0.1, -0.05) is 23.2 Å². The van der Waals surface area contributed by atoms with Crippen molar-refractivity contribution in [3.05, 3.63) is 74.0 Å². The van der Waals surface area contributed by atoms with Gasteiger partial charge in [0, 0.05) is 42.3 Å². The fourth-order valence-electron chi connectivity index (χ4n) is 4.99. The number of amides is 1. The van der Waals surface area contributed by atoms with Gasteiger partial charge in [0.25, 0.3) is 5.91 Å². The smallest absolute Gasteiger partial charge is 0.256 e. The second-order valence-electron chi connectivity index (χ2n) is 10.3. The number of benzene rings is 2. The molecular formula is C28H29Cl2F2N3O4. The molecule has 2 fully saturated rings. The molecule has 1 atom stereocenters. The first kappa shape index (κ1) is 27.8. The van der Waals surface area contributed by atoms with Crippen LogP contribution in [0.4, 0.5) is 8.78 Å². The van der Waals surface area contributed by atoms with Crippen molar-refractivity contribution in [3.8, 4) is 5.75 Å². The monoisotopic (exact) mass is 579 g/mol. The molecular weight excluding hydrogens is 551 g/mol. The number of rotatable bonds is 9. The second-order valence-corrected chi connectivity index (χ2v) is 11.1. The Morgan fingerprint density at radius 2 is 1.72 bits per heavy atom. The molecule has 5 rings (SSSR count). The lowest BCUT2D eigenvalue weighted by Crippen LogP contribution is -2.45. The Balaban J connectivity index is 1.13. The normalized spacial score (nSPS) is 20.1. The molecule has 7 nitrogen and oxygen atoms in total. The van der Waals surface area contributed by atoms with Crippen molar-refractivity contribution in [2.45, 2.75) is 62.8 Å². The van der Waals surface area contributed by atoms with E-state index in [2.05, 4.69) is 10.6 Å². The van der Waals surface area contributed by atoms with E-state index in [1.54, 1.807) is 6.20 Å². The third-order valence-corrected chi connectivity index (χ3v) is 7.89. The highest BCUT2D eigenvalue weighted by molar-refractivity contribution is 6.31. The molecule has 1 amide bonds. The number of fused-ring (bicyclic) bond motifs is 1. The molecule has 2 saturated carbocycles. The zero-order valence-electron chi connectivity index (χ0n) is 21.1. The van der Waals surface area contributed by atoms with Gasteiger partial charge in [-0.3, -0.25) is 9.59 Å². The van der Waals surface area contributed by atoms with Crippen molar-refractivity contribution in [2.75, 3.05) is 13.2 Å². The average Bonchev–Trinajstić information content (AvgIpc) is 3.76. The largest absolute Gasteiger partial charge is 0.491 e. The Bertz CT molecular complexity index is 1440. The van der Waals surface area contributed by atoms with E-state index in [1.807, 2.05) is 4.57 Å². The first-order chi connectivity index (χ1) is 18.7. The number of nitrogens with zero attached hydrogens (tertiary/aromatic N) is 1. The predicted octanol–water partition coefficient (Wildman–Crippen LogP) is 4.99. The summed E-state index contributed by atoms with van der Waals surface area (Å²) in [6, 6.07) is 6.88. The molecule has 2 aliphatic carbocycles. The Labute approximate surface area is 234 Å². The van der Waals surface area contributed by atoms with Crippen LogP contribution in [-0.4, -0.2) is 46.9 Å². The third kappa shape index (κ3) is 6.54. The molecule has 2 aromatic carbocycles. The van der Waals surface area contributed by atoms with Gasteiger partial charge in [-0.25, -0.2) is 8.78 Å². The minimum absolute atomic E-state index is 0.0000573. The molecule has 2 aliphatic rings. The number of carbonyl (C=O) groups excluding carboxylic acids is 1. The summed E-state index contributed by atoms with van der Waals surface area (Å²) in [4.78, 5) is 26.2. The number of aliphatic hydroxyl groups excluding tert-OH is 1. The van der Waals surface area contributed by atoms with Crippen molar-refractivity contribution in [1.29, 1.82) is 0 Å². The lowest BCUT2D eigenvalue weighted by atomic mass is 9.91. The highest BCUT2D eigenvalue weighted by Gasteiger charge is 2.29. The van der Waals surface area contributed by atoms with Crippen LogP contribution in [0, 0.1) is 11.6 Å². The molecule has 3 N–H and O–H groups in total. The third-order valence-electron chi connectivity index (χ3n) is 7.30. The van der Waals surface area contributed by atoms with Crippen molar-refractivity contribution < 1.29 is 23.4 Å². The fraction of sp³-hybridized carbons (Fsp3) is 0.429. The number of hydrogen-bond acceptors (Lipinski definition) is 5. The quantitative estimate of drug-likeness (QED) is 0.332. The average molecular weight is 580 g/mol. The van der Waals surface area contributed by atoms with Gasteiger partial charge in [0.05, 0.1) is 15.6 Å². The number of aromatic nitrogens is 1. The SMILES string of the molecule is O=C(NC1CCC(NCC(O)COc2ccc(Cl)c(F)c2)CC1)c1cn(C2CC2)c2cc(Cl)c(F)cc2c1=O. The van der Waals surface area contributed by atoms with Gasteiger partial charge in [0.1, 0.15) is 35.7 Å². The van der Waals surface area contributed by atoms with Crippen molar-refractivity contribution in [3.63, 3.8) is 0 Å². The summed E-state index contributed by atoms with van der Waals surface area (Å²) >= 11 is 11.6. The van der Waals surface area contributed by atoms with E-state index in [1.165, 1.54) is 24.3 Å². The first-order valence-electron chi connectivity index (χ1n) is 13.0. The molecule has 0 spiro atoms. The highest BCUT2D eigenvalue weighted by Crippen LogP contribution is 2.37. The summed E-state index contributed by atoms with van der Waals surface area (Å²) in [5.41, 5.74) is 0.0212. The summed E-state index contributed by atoms with van der Waals surface area (Å²) in [6.45, 7) is 0.301. The Morgan fingerprint density at radius 1 is 1.03 bits per heavy atom. The van der Waals surface area contributed by atoms with Gasteiger partial charge in [0.2, 0.25) is 5.43 Å². The minimum Gasteiger partial charge on any atom is -0.491 e. The Hall–Kier alpha value is -2.72. The lowest BCUT2D eigenvalue weighted by molar-refractivity contribution is 0.0913. The highest BCUT2D eigenvalue weighted by atomic mass is 35.5. The van der Waals surface area contributed by atoms with E-state index in [9.17, 15) is 23.5 Å². The zero-order chi connectivity index (χ0) is 27.7. The summed E-state index contributed by atoms with van der Waals surface area (Å²) in [7, 11) is 0. The number of pyridine rings is 1. The molecule has 0 radical (unpaired) electrons. The zero-order valence-corrected chi connectivity index (χ0v) is 22.6. The second kappa shape index (κ2) is 11.8. The number of halogens is 4. The van der Waals surface area contributed by atoms with Crippen LogP contribution in [0.3, 0.4) is 0 Å². The van der Waals surface area contributed by atoms with Crippen LogP contribution in [0.2, 0.25) is 10.0 Å². The maximum atomic E-state index is 14.2. The van der Waals surface area contributed by atoms with E-state index >= 15 is 0 Å². The van der Waals surface area contributed by atoms with Crippen molar-refractivity contribution in [1.82, 2.24) is 15.2 Å². The molecule has 1 aromatic heterocycles. The molecule has 208 valence electrons. The number of carbonyl (C=O) groups is 1. The van der Waals surface area contributed by atoms with E-state index in [0.717, 1.165) is 31.7 Å². The Morgan fingerprint density at radius 3 is 2.41 bits per heavy atom. The topological polar surface area (TPSA) is 92.6 Å². The Kier molecular flexibility index (Phi) is 8.42. The van der Waals surface area contributed by atoms with Crippen LogP contribution in [0.15, 0.2) is 41.3 Å². The number of hydrogen-bond donors (Lipinski definition) is 3. The molecule has 1 unspecified atom stereocenters.